The Hall–Kier alpha value is -2.58. The summed E-state index contributed by atoms with van der Waals surface area (Å²) in [5.41, 5.74) is 2.78. The lowest BCUT2D eigenvalue weighted by atomic mass is 9.77. The van der Waals surface area contributed by atoms with Crippen molar-refractivity contribution in [2.45, 2.75) is 38.5 Å². The molecule has 0 radical (unpaired) electrons. The summed E-state index contributed by atoms with van der Waals surface area (Å²) in [5, 5.41) is 19.4. The van der Waals surface area contributed by atoms with Gasteiger partial charge in [0.05, 0.1) is 24.0 Å². The van der Waals surface area contributed by atoms with Gasteiger partial charge in [-0.3, -0.25) is 9.88 Å². The SMILES string of the molecule is Cc1nc(CN2C[C@H]3C[C@@H](n4cc(-c5ccncc5)nn4)[C@H](O)C[C@H]3C2)co1. The lowest BCUT2D eigenvalue weighted by Crippen LogP contribution is -2.36. The highest BCUT2D eigenvalue weighted by atomic mass is 16.3. The van der Waals surface area contributed by atoms with Crippen molar-refractivity contribution in [3.8, 4) is 11.3 Å². The van der Waals surface area contributed by atoms with Crippen molar-refractivity contribution in [3.63, 3.8) is 0 Å². The number of nitrogens with zero attached hydrogens (tertiary/aromatic N) is 6. The predicted molar refractivity (Wildman–Crippen MR) is 101 cm³/mol. The Morgan fingerprint density at radius 1 is 1.18 bits per heavy atom. The van der Waals surface area contributed by atoms with Gasteiger partial charge >= 0.3 is 0 Å². The molecule has 1 saturated carbocycles. The molecule has 146 valence electrons. The van der Waals surface area contributed by atoms with Crippen LogP contribution in [0.4, 0.5) is 0 Å². The number of aromatic nitrogens is 5. The van der Waals surface area contributed by atoms with Crippen molar-refractivity contribution >= 4 is 0 Å². The highest BCUT2D eigenvalue weighted by molar-refractivity contribution is 5.56. The highest BCUT2D eigenvalue weighted by Crippen LogP contribution is 2.41. The van der Waals surface area contributed by atoms with Gasteiger partial charge in [0.25, 0.3) is 0 Å². The molecule has 1 saturated heterocycles. The van der Waals surface area contributed by atoms with Crippen molar-refractivity contribution < 1.29 is 9.52 Å². The van der Waals surface area contributed by atoms with Gasteiger partial charge in [-0.2, -0.15) is 0 Å². The molecule has 8 heteroatoms. The van der Waals surface area contributed by atoms with Crippen LogP contribution in [-0.2, 0) is 6.54 Å². The first-order valence-electron chi connectivity index (χ1n) is 9.79. The van der Waals surface area contributed by atoms with Gasteiger partial charge in [0.2, 0.25) is 0 Å². The largest absolute Gasteiger partial charge is 0.449 e. The second-order valence-corrected chi connectivity index (χ2v) is 8.00. The fraction of sp³-hybridized carbons (Fsp3) is 0.500. The van der Waals surface area contributed by atoms with Gasteiger partial charge in [0.1, 0.15) is 12.0 Å². The normalized spacial score (nSPS) is 27.8. The molecule has 0 spiro atoms. The maximum absolute atomic E-state index is 10.8. The van der Waals surface area contributed by atoms with Crippen LogP contribution in [0.5, 0.6) is 0 Å². The van der Waals surface area contributed by atoms with Crippen LogP contribution in [0.3, 0.4) is 0 Å². The third-order valence-electron chi connectivity index (χ3n) is 6.06. The highest BCUT2D eigenvalue weighted by Gasteiger charge is 2.42. The van der Waals surface area contributed by atoms with Crippen molar-refractivity contribution in [1.29, 1.82) is 0 Å². The van der Waals surface area contributed by atoms with E-state index >= 15 is 0 Å². The van der Waals surface area contributed by atoms with E-state index in [4.69, 9.17) is 4.42 Å². The minimum Gasteiger partial charge on any atom is -0.449 e. The van der Waals surface area contributed by atoms with E-state index < -0.39 is 6.10 Å². The van der Waals surface area contributed by atoms with Crippen LogP contribution >= 0.6 is 0 Å². The molecule has 0 amide bonds. The number of likely N-dealkylation sites (tertiary alicyclic amines) is 1. The summed E-state index contributed by atoms with van der Waals surface area (Å²) in [6.45, 7) is 4.69. The van der Waals surface area contributed by atoms with E-state index in [1.165, 1.54) is 0 Å². The minimum absolute atomic E-state index is 0.0291. The zero-order valence-corrected chi connectivity index (χ0v) is 15.8. The zero-order chi connectivity index (χ0) is 19.1. The summed E-state index contributed by atoms with van der Waals surface area (Å²) in [4.78, 5) is 10.9. The lowest BCUT2D eigenvalue weighted by molar-refractivity contribution is 0.0298. The number of aliphatic hydroxyl groups is 1. The maximum atomic E-state index is 10.8. The molecule has 4 atom stereocenters. The van der Waals surface area contributed by atoms with Crippen molar-refractivity contribution in [1.82, 2.24) is 29.9 Å². The van der Waals surface area contributed by atoms with Gasteiger partial charge in [-0.05, 0) is 36.8 Å². The molecule has 28 heavy (non-hydrogen) atoms. The first kappa shape index (κ1) is 17.5. The van der Waals surface area contributed by atoms with Crippen molar-refractivity contribution in [3.05, 3.63) is 48.6 Å². The molecule has 1 aliphatic heterocycles. The van der Waals surface area contributed by atoms with Gasteiger partial charge in [0, 0.05) is 44.5 Å². The molecule has 3 aromatic rings. The monoisotopic (exact) mass is 380 g/mol. The van der Waals surface area contributed by atoms with Crippen molar-refractivity contribution in [2.24, 2.45) is 11.8 Å². The fourth-order valence-corrected chi connectivity index (χ4v) is 4.72. The van der Waals surface area contributed by atoms with Gasteiger partial charge in [-0.15, -0.1) is 5.10 Å². The Balaban J connectivity index is 1.28. The molecular weight excluding hydrogens is 356 g/mol. The van der Waals surface area contributed by atoms with Gasteiger partial charge in [-0.1, -0.05) is 5.21 Å². The van der Waals surface area contributed by atoms with E-state index in [2.05, 4.69) is 25.2 Å². The Morgan fingerprint density at radius 2 is 1.96 bits per heavy atom. The van der Waals surface area contributed by atoms with E-state index in [0.29, 0.717) is 17.7 Å². The van der Waals surface area contributed by atoms with Crippen LogP contribution in [0.15, 0.2) is 41.4 Å². The molecule has 0 bridgehead atoms. The van der Waals surface area contributed by atoms with Crippen LogP contribution in [0.25, 0.3) is 11.3 Å². The summed E-state index contributed by atoms with van der Waals surface area (Å²) in [6.07, 6.45) is 8.49. The average Bonchev–Trinajstić information content (AvgIpc) is 3.41. The first-order chi connectivity index (χ1) is 13.7. The summed E-state index contributed by atoms with van der Waals surface area (Å²) in [6, 6.07) is 3.81. The molecule has 4 heterocycles. The number of rotatable bonds is 4. The van der Waals surface area contributed by atoms with Crippen molar-refractivity contribution in [2.75, 3.05) is 13.1 Å². The van der Waals surface area contributed by atoms with Gasteiger partial charge in [0.15, 0.2) is 5.89 Å². The number of aryl methyl sites for hydroxylation is 1. The number of hydrogen-bond acceptors (Lipinski definition) is 7. The van der Waals surface area contributed by atoms with E-state index in [1.54, 1.807) is 18.7 Å². The minimum atomic E-state index is -0.400. The van der Waals surface area contributed by atoms with Crippen LogP contribution in [0.2, 0.25) is 0 Å². The number of fused-ring (bicyclic) bond motifs is 1. The third-order valence-corrected chi connectivity index (χ3v) is 6.06. The molecule has 2 fully saturated rings. The van der Waals surface area contributed by atoms with Gasteiger partial charge < -0.3 is 9.52 Å². The summed E-state index contributed by atoms with van der Waals surface area (Å²) in [5.74, 6) is 1.77. The summed E-state index contributed by atoms with van der Waals surface area (Å²) < 4.78 is 7.17. The predicted octanol–water partition coefficient (Wildman–Crippen LogP) is 2.08. The van der Waals surface area contributed by atoms with Crippen LogP contribution in [0, 0.1) is 18.8 Å². The Kier molecular flexibility index (Phi) is 4.44. The van der Waals surface area contributed by atoms with Crippen LogP contribution in [-0.4, -0.2) is 54.2 Å². The quantitative estimate of drug-likeness (QED) is 0.741. The van der Waals surface area contributed by atoms with Crippen LogP contribution in [0.1, 0.15) is 30.5 Å². The number of aliphatic hydroxyl groups excluding tert-OH is 1. The smallest absolute Gasteiger partial charge is 0.191 e. The molecule has 8 nitrogen and oxygen atoms in total. The first-order valence-corrected chi connectivity index (χ1v) is 9.79. The number of hydrogen-bond donors (Lipinski definition) is 1. The standard InChI is InChI=1S/C20H24N6O2/c1-13-22-17(12-28-13)10-25-8-15-6-19(20(27)7-16(15)9-25)26-11-18(23-24-26)14-2-4-21-5-3-14/h2-5,11-12,15-16,19-20,27H,6-10H2,1H3/t15-,16+,19-,20-/m1/s1. The maximum Gasteiger partial charge on any atom is 0.191 e. The zero-order valence-electron chi connectivity index (χ0n) is 15.8. The number of pyridine rings is 1. The summed E-state index contributed by atoms with van der Waals surface area (Å²) in [7, 11) is 0. The molecule has 0 unspecified atom stereocenters. The second-order valence-electron chi connectivity index (χ2n) is 8.00. The van der Waals surface area contributed by atoms with Crippen LogP contribution < -0.4 is 0 Å². The number of oxazole rings is 1. The van der Waals surface area contributed by atoms with E-state index in [0.717, 1.165) is 49.4 Å². The Labute approximate surface area is 163 Å². The lowest BCUT2D eigenvalue weighted by Gasteiger charge is -2.35. The van der Waals surface area contributed by atoms with Gasteiger partial charge in [-0.25, -0.2) is 9.67 Å². The molecule has 0 aromatic carbocycles. The summed E-state index contributed by atoms with van der Waals surface area (Å²) >= 11 is 0. The second kappa shape index (κ2) is 7.10. The molecule has 1 aliphatic carbocycles. The Bertz CT molecular complexity index is 939. The molecule has 1 N–H and O–H groups in total. The molecule has 5 rings (SSSR count). The molecule has 3 aromatic heterocycles. The molecule has 2 aliphatic rings. The third kappa shape index (κ3) is 3.33. The average molecular weight is 380 g/mol. The Morgan fingerprint density at radius 3 is 2.71 bits per heavy atom. The van der Waals surface area contributed by atoms with E-state index in [9.17, 15) is 5.11 Å². The molecular formula is C20H24N6O2. The topological polar surface area (TPSA) is 93.1 Å². The van der Waals surface area contributed by atoms with E-state index in [1.807, 2.05) is 29.9 Å². The van der Waals surface area contributed by atoms with E-state index in [-0.39, 0.29) is 6.04 Å². The fourth-order valence-electron chi connectivity index (χ4n) is 4.72.